The first kappa shape index (κ1) is 34.8. The molecule has 0 aliphatic carbocycles. The summed E-state index contributed by atoms with van der Waals surface area (Å²) in [5.41, 5.74) is -0.870. The molecule has 0 amide bonds. The number of hydrogen-bond donors (Lipinski definition) is 1. The number of rotatable bonds is 12. The molecule has 1 atom stereocenters. The van der Waals surface area contributed by atoms with Gasteiger partial charge in [-0.3, -0.25) is 13.9 Å². The van der Waals surface area contributed by atoms with Crippen molar-refractivity contribution in [3.05, 3.63) is 122 Å². The summed E-state index contributed by atoms with van der Waals surface area (Å²) < 4.78 is 49.1. The molecule has 3 aromatic carbocycles. The van der Waals surface area contributed by atoms with Crippen LogP contribution in [-0.2, 0) is 24.1 Å². The smallest absolute Gasteiger partial charge is 0.550 e. The number of alkyl halides is 3. The zero-order chi connectivity index (χ0) is 31.1. The molecule has 1 heterocycles. The first-order valence-electron chi connectivity index (χ1n) is 13.6. The largest absolute Gasteiger partial charge is 1.00 e. The average molecular weight is 618 g/mol. The number of carbonyl (C=O) groups is 1. The van der Waals surface area contributed by atoms with Crippen molar-refractivity contribution < 1.29 is 57.4 Å². The Morgan fingerprint density at radius 3 is 2.32 bits per heavy atom. The molecule has 1 N–H and O–H groups in total. The zero-order valence-electron chi connectivity index (χ0n) is 24.7. The number of methoxy groups -OCH3 is 1. The van der Waals surface area contributed by atoms with Crippen LogP contribution in [-0.4, -0.2) is 28.8 Å². The van der Waals surface area contributed by atoms with Gasteiger partial charge in [0.2, 0.25) is 0 Å². The molecule has 0 aliphatic rings. The quantitative estimate of drug-likeness (QED) is 0.187. The van der Waals surface area contributed by atoms with Gasteiger partial charge in [0, 0.05) is 11.7 Å². The topological polar surface area (TPSA) is 105 Å². The van der Waals surface area contributed by atoms with Gasteiger partial charge in [-0.05, 0) is 61.2 Å². The molecule has 0 aliphatic heterocycles. The van der Waals surface area contributed by atoms with Crippen molar-refractivity contribution in [3.63, 3.8) is 0 Å². The first-order valence-corrected chi connectivity index (χ1v) is 13.6. The standard InChI is InChI=1S/C32H32F3N3O5.Na/c1-21-29(23-13-8-14-25(18-23)43-2)30(41)38(20-27(22-10-4-3-5-11-22)36-17-9-16-28(39)40)31(42)37(21)19-24-12-6-7-15-26(24)32(33,34)35;/h3-8,10-15,18,27,36H,9,16-17,19-20H2,1-2H3,(H,39,40);/q;+1/p-1/t27-;/m0./s1. The van der Waals surface area contributed by atoms with Gasteiger partial charge in [0.1, 0.15) is 5.75 Å². The number of nitrogens with one attached hydrogen (secondary N) is 1. The van der Waals surface area contributed by atoms with Crippen LogP contribution in [0.15, 0.2) is 88.5 Å². The van der Waals surface area contributed by atoms with E-state index in [0.29, 0.717) is 11.3 Å². The van der Waals surface area contributed by atoms with Crippen LogP contribution in [0.25, 0.3) is 11.1 Å². The van der Waals surface area contributed by atoms with E-state index in [4.69, 9.17) is 4.74 Å². The van der Waals surface area contributed by atoms with Gasteiger partial charge in [-0.2, -0.15) is 13.2 Å². The molecule has 226 valence electrons. The van der Waals surface area contributed by atoms with E-state index in [9.17, 15) is 32.7 Å². The number of benzene rings is 3. The number of ether oxygens (including phenoxy) is 1. The van der Waals surface area contributed by atoms with Gasteiger partial charge >= 0.3 is 41.4 Å². The van der Waals surface area contributed by atoms with Crippen LogP contribution >= 0.6 is 0 Å². The second-order valence-corrected chi connectivity index (χ2v) is 10.0. The fraction of sp³-hybridized carbons (Fsp3) is 0.281. The third kappa shape index (κ3) is 8.29. The number of aliphatic carboxylic acids is 1. The van der Waals surface area contributed by atoms with Crippen LogP contribution in [0.3, 0.4) is 0 Å². The van der Waals surface area contributed by atoms with Crippen LogP contribution < -0.4 is 56.0 Å². The Balaban J connectivity index is 0.00000529. The van der Waals surface area contributed by atoms with Crippen LogP contribution in [0.1, 0.15) is 41.3 Å². The van der Waals surface area contributed by atoms with Crippen molar-refractivity contribution in [1.82, 2.24) is 14.5 Å². The van der Waals surface area contributed by atoms with Gasteiger partial charge < -0.3 is 20.0 Å². The normalized spacial score (nSPS) is 11.9. The van der Waals surface area contributed by atoms with Crippen LogP contribution in [0.5, 0.6) is 5.75 Å². The second-order valence-electron chi connectivity index (χ2n) is 10.0. The third-order valence-electron chi connectivity index (χ3n) is 7.21. The number of halogens is 3. The summed E-state index contributed by atoms with van der Waals surface area (Å²) in [6.45, 7) is 1.20. The number of carboxylic acid groups (broad SMARTS) is 1. The Kier molecular flexibility index (Phi) is 12.2. The number of carboxylic acids is 1. The SMILES string of the molecule is COc1cccc(-c2c(C)n(Cc3ccccc3C(F)(F)F)c(=O)n(C[C@H](NCCCC(=O)[O-])c3ccccc3)c2=O)c1.[Na+]. The van der Waals surface area contributed by atoms with Crippen molar-refractivity contribution >= 4 is 5.97 Å². The van der Waals surface area contributed by atoms with E-state index in [1.807, 2.05) is 0 Å². The molecule has 12 heteroatoms. The van der Waals surface area contributed by atoms with E-state index in [-0.39, 0.29) is 72.3 Å². The van der Waals surface area contributed by atoms with Crippen molar-refractivity contribution in [3.8, 4) is 16.9 Å². The van der Waals surface area contributed by atoms with Gasteiger partial charge in [0.05, 0.1) is 37.4 Å². The molecule has 0 spiro atoms. The molecule has 0 saturated carbocycles. The summed E-state index contributed by atoms with van der Waals surface area (Å²) in [6, 6.07) is 20.1. The van der Waals surface area contributed by atoms with E-state index in [1.165, 1.54) is 36.8 Å². The predicted octanol–water partition coefficient (Wildman–Crippen LogP) is 0.926. The maximum absolute atomic E-state index is 14.0. The monoisotopic (exact) mass is 617 g/mol. The number of nitrogens with zero attached hydrogens (tertiary/aromatic N) is 2. The van der Waals surface area contributed by atoms with Gasteiger partial charge in [-0.25, -0.2) is 4.79 Å². The van der Waals surface area contributed by atoms with E-state index in [2.05, 4.69) is 5.32 Å². The molecule has 4 aromatic rings. The summed E-state index contributed by atoms with van der Waals surface area (Å²) >= 11 is 0. The summed E-state index contributed by atoms with van der Waals surface area (Å²) in [5.74, 6) is -0.738. The molecular weight excluding hydrogens is 586 g/mol. The molecule has 4 rings (SSSR count). The fourth-order valence-electron chi connectivity index (χ4n) is 5.03. The van der Waals surface area contributed by atoms with E-state index in [0.717, 1.165) is 16.2 Å². The van der Waals surface area contributed by atoms with Gasteiger partial charge in [-0.1, -0.05) is 60.7 Å². The van der Waals surface area contributed by atoms with Crippen LogP contribution in [0.4, 0.5) is 13.2 Å². The Hall–Kier alpha value is -3.64. The fourth-order valence-corrected chi connectivity index (χ4v) is 5.03. The van der Waals surface area contributed by atoms with Crippen molar-refractivity contribution in [2.75, 3.05) is 13.7 Å². The second kappa shape index (κ2) is 15.4. The minimum absolute atomic E-state index is 0. The summed E-state index contributed by atoms with van der Waals surface area (Å²) in [7, 11) is 1.47. The molecule has 0 saturated heterocycles. The Morgan fingerprint density at radius 2 is 1.66 bits per heavy atom. The first-order chi connectivity index (χ1) is 20.5. The Morgan fingerprint density at radius 1 is 0.977 bits per heavy atom. The molecule has 8 nitrogen and oxygen atoms in total. The number of carbonyl (C=O) groups excluding carboxylic acids is 1. The molecular formula is C32H31F3N3NaO5. The number of aromatic nitrogens is 2. The van der Waals surface area contributed by atoms with Gasteiger partial charge in [-0.15, -0.1) is 0 Å². The molecule has 0 unspecified atom stereocenters. The van der Waals surface area contributed by atoms with Gasteiger partial charge in [0.25, 0.3) is 5.56 Å². The van der Waals surface area contributed by atoms with E-state index in [1.54, 1.807) is 54.6 Å². The summed E-state index contributed by atoms with van der Waals surface area (Å²) in [5, 5.41) is 14.1. The van der Waals surface area contributed by atoms with E-state index >= 15 is 0 Å². The minimum Gasteiger partial charge on any atom is -0.550 e. The molecule has 0 bridgehead atoms. The van der Waals surface area contributed by atoms with Gasteiger partial charge in [0.15, 0.2) is 0 Å². The number of hydrogen-bond acceptors (Lipinski definition) is 6. The molecule has 1 aromatic heterocycles. The Labute approximate surface area is 274 Å². The Bertz CT molecular complexity index is 1700. The van der Waals surface area contributed by atoms with Crippen molar-refractivity contribution in [2.45, 2.75) is 45.1 Å². The summed E-state index contributed by atoms with van der Waals surface area (Å²) in [6.07, 6.45) is -4.57. The maximum atomic E-state index is 14.0. The van der Waals surface area contributed by atoms with Crippen molar-refractivity contribution in [1.29, 1.82) is 0 Å². The third-order valence-corrected chi connectivity index (χ3v) is 7.21. The zero-order valence-corrected chi connectivity index (χ0v) is 26.7. The average Bonchev–Trinajstić information content (AvgIpc) is 2.98. The predicted molar refractivity (Wildman–Crippen MR) is 154 cm³/mol. The van der Waals surface area contributed by atoms with Crippen LogP contribution in [0.2, 0.25) is 0 Å². The van der Waals surface area contributed by atoms with Crippen molar-refractivity contribution in [2.24, 2.45) is 0 Å². The summed E-state index contributed by atoms with van der Waals surface area (Å²) in [4.78, 5) is 38.9. The van der Waals surface area contributed by atoms with E-state index < -0.39 is 41.5 Å². The van der Waals surface area contributed by atoms with Crippen LogP contribution in [0, 0.1) is 6.92 Å². The molecule has 0 fully saturated rings. The molecule has 44 heavy (non-hydrogen) atoms. The molecule has 0 radical (unpaired) electrons. The minimum atomic E-state index is -4.65. The maximum Gasteiger partial charge on any atom is 1.00 e.